The van der Waals surface area contributed by atoms with E-state index < -0.39 is 29.7 Å². The van der Waals surface area contributed by atoms with Gasteiger partial charge in [0.1, 0.15) is 6.04 Å². The molecular formula is C11H19NO7. The molecule has 1 unspecified atom stereocenters. The number of carbonyl (C=O) groups excluding carboxylic acids is 1. The van der Waals surface area contributed by atoms with Crippen molar-refractivity contribution in [2.75, 3.05) is 0 Å². The summed E-state index contributed by atoms with van der Waals surface area (Å²) in [6.07, 6.45) is -0.0898. The molecule has 0 aliphatic carbocycles. The lowest BCUT2D eigenvalue weighted by Gasteiger charge is -2.01. The molecule has 110 valence electrons. The lowest BCUT2D eigenvalue weighted by atomic mass is 10.1. The van der Waals surface area contributed by atoms with Crippen molar-refractivity contribution in [3.8, 4) is 0 Å². The summed E-state index contributed by atoms with van der Waals surface area (Å²) in [5, 5.41) is 24.4. The molecular weight excluding hydrogens is 258 g/mol. The Morgan fingerprint density at radius 2 is 1.53 bits per heavy atom. The molecule has 0 heterocycles. The number of aliphatic carboxylic acids is 3. The van der Waals surface area contributed by atoms with Gasteiger partial charge < -0.3 is 21.1 Å². The van der Waals surface area contributed by atoms with E-state index in [1.54, 1.807) is 13.8 Å². The molecule has 1 atom stereocenters. The normalized spacial score (nSPS) is 11.2. The van der Waals surface area contributed by atoms with E-state index in [4.69, 9.17) is 21.1 Å². The molecule has 19 heavy (non-hydrogen) atoms. The maximum absolute atomic E-state index is 10.4. The van der Waals surface area contributed by atoms with Crippen LogP contribution in [0.4, 0.5) is 0 Å². The Morgan fingerprint density at radius 1 is 1.05 bits per heavy atom. The minimum atomic E-state index is -1.33. The van der Waals surface area contributed by atoms with E-state index in [0.29, 0.717) is 0 Å². The van der Waals surface area contributed by atoms with Gasteiger partial charge in [-0.05, 0) is 12.3 Å². The van der Waals surface area contributed by atoms with Crippen LogP contribution in [0.15, 0.2) is 0 Å². The first kappa shape index (κ1) is 19.4. The molecule has 0 bridgehead atoms. The van der Waals surface area contributed by atoms with Crippen molar-refractivity contribution in [3.05, 3.63) is 0 Å². The Morgan fingerprint density at radius 3 is 1.74 bits per heavy atom. The first-order valence-electron chi connectivity index (χ1n) is 5.54. The van der Waals surface area contributed by atoms with Crippen molar-refractivity contribution < 1.29 is 34.5 Å². The van der Waals surface area contributed by atoms with Crippen molar-refractivity contribution in [1.29, 1.82) is 0 Å². The van der Waals surface area contributed by atoms with Crippen molar-refractivity contribution in [2.45, 2.75) is 39.2 Å². The van der Waals surface area contributed by atoms with Gasteiger partial charge in [-0.1, -0.05) is 13.8 Å². The first-order chi connectivity index (χ1) is 8.57. The Labute approximate surface area is 110 Å². The van der Waals surface area contributed by atoms with Crippen LogP contribution in [0.2, 0.25) is 0 Å². The van der Waals surface area contributed by atoms with Crippen LogP contribution in [0, 0.1) is 5.92 Å². The number of hydrogen-bond donors (Lipinski definition) is 4. The topological polar surface area (TPSA) is 155 Å². The summed E-state index contributed by atoms with van der Waals surface area (Å²) in [6, 6.07) is -1.06. The monoisotopic (exact) mass is 277 g/mol. The molecule has 5 N–H and O–H groups in total. The Bertz CT molecular complexity index is 338. The van der Waals surface area contributed by atoms with E-state index in [9.17, 15) is 19.2 Å². The second kappa shape index (κ2) is 10.0. The highest BCUT2D eigenvalue weighted by Crippen LogP contribution is 1.99. The number of rotatable bonds is 7. The smallest absolute Gasteiger partial charge is 0.372 e. The number of carboxylic acid groups (broad SMARTS) is 3. The summed E-state index contributed by atoms with van der Waals surface area (Å²) < 4.78 is 0. The van der Waals surface area contributed by atoms with Gasteiger partial charge in [-0.2, -0.15) is 0 Å². The summed E-state index contributed by atoms with van der Waals surface area (Å²) in [4.78, 5) is 40.1. The lowest BCUT2D eigenvalue weighted by molar-refractivity contribution is -0.149. The average molecular weight is 277 g/mol. The lowest BCUT2D eigenvalue weighted by Crippen LogP contribution is -2.30. The molecule has 0 fully saturated rings. The molecule has 0 rings (SSSR count). The van der Waals surface area contributed by atoms with Crippen molar-refractivity contribution in [1.82, 2.24) is 0 Å². The fourth-order valence-electron chi connectivity index (χ4n) is 0.861. The standard InChI is InChI=1S/C6H10O3.C5H9NO4/c1-4(2)3-5(7)6(8)9;6-3(5(9)10)1-2-4(7)8/h4H,3H2,1-2H3,(H,8,9);3H,1-2,6H2,(H,7,8)(H,9,10). The fraction of sp³-hybridized carbons (Fsp3) is 0.636. The Kier molecular flexibility index (Phi) is 10.2. The van der Waals surface area contributed by atoms with Crippen LogP contribution in [0.25, 0.3) is 0 Å². The molecule has 0 aliphatic rings. The Hall–Kier alpha value is -1.96. The second-order valence-electron chi connectivity index (χ2n) is 4.20. The van der Waals surface area contributed by atoms with Crippen molar-refractivity contribution >= 4 is 23.7 Å². The molecule has 8 nitrogen and oxygen atoms in total. The predicted molar refractivity (Wildman–Crippen MR) is 64.6 cm³/mol. The molecule has 0 spiro atoms. The van der Waals surface area contributed by atoms with Gasteiger partial charge in [0.2, 0.25) is 5.78 Å². The van der Waals surface area contributed by atoms with E-state index in [2.05, 4.69) is 0 Å². The molecule has 0 aromatic carbocycles. The van der Waals surface area contributed by atoms with Crippen LogP contribution in [0.5, 0.6) is 0 Å². The van der Waals surface area contributed by atoms with Gasteiger partial charge in [-0.15, -0.1) is 0 Å². The zero-order chi connectivity index (χ0) is 15.6. The van der Waals surface area contributed by atoms with Crippen LogP contribution in [-0.4, -0.2) is 45.1 Å². The molecule has 8 heteroatoms. The molecule has 0 saturated heterocycles. The summed E-state index contributed by atoms with van der Waals surface area (Å²) in [6.45, 7) is 3.61. The van der Waals surface area contributed by atoms with E-state index in [1.807, 2.05) is 0 Å². The van der Waals surface area contributed by atoms with Gasteiger partial charge in [-0.25, -0.2) is 4.79 Å². The van der Waals surface area contributed by atoms with Crippen LogP contribution in [0.1, 0.15) is 33.1 Å². The van der Waals surface area contributed by atoms with Crippen molar-refractivity contribution in [2.24, 2.45) is 11.7 Å². The minimum absolute atomic E-state index is 0.0231. The van der Waals surface area contributed by atoms with Gasteiger partial charge in [0, 0.05) is 12.8 Å². The maximum atomic E-state index is 10.4. The second-order valence-corrected chi connectivity index (χ2v) is 4.20. The number of ketones is 1. The number of carboxylic acids is 3. The van der Waals surface area contributed by atoms with Crippen molar-refractivity contribution in [3.63, 3.8) is 0 Å². The van der Waals surface area contributed by atoms with Gasteiger partial charge in [0.15, 0.2) is 0 Å². The molecule has 0 saturated carbocycles. The molecule has 0 amide bonds. The number of carbonyl (C=O) groups is 4. The largest absolute Gasteiger partial charge is 0.481 e. The number of Topliss-reactive ketones (excluding diaryl/α,β-unsaturated/α-hetero) is 1. The van der Waals surface area contributed by atoms with Crippen LogP contribution >= 0.6 is 0 Å². The van der Waals surface area contributed by atoms with Gasteiger partial charge in [0.25, 0.3) is 0 Å². The quantitative estimate of drug-likeness (QED) is 0.472. The molecule has 0 aromatic heterocycles. The first-order valence-corrected chi connectivity index (χ1v) is 5.54. The molecule has 0 aliphatic heterocycles. The zero-order valence-electron chi connectivity index (χ0n) is 10.8. The third-order valence-corrected chi connectivity index (χ3v) is 1.82. The SMILES string of the molecule is CC(C)CC(=O)C(=O)O.NC(CCC(=O)O)C(=O)O. The maximum Gasteiger partial charge on any atom is 0.372 e. The van der Waals surface area contributed by atoms with Gasteiger partial charge >= 0.3 is 17.9 Å². The highest BCUT2D eigenvalue weighted by Gasteiger charge is 2.12. The van der Waals surface area contributed by atoms with Gasteiger partial charge in [-0.3, -0.25) is 14.4 Å². The van der Waals surface area contributed by atoms with Crippen LogP contribution in [0.3, 0.4) is 0 Å². The third-order valence-electron chi connectivity index (χ3n) is 1.82. The van der Waals surface area contributed by atoms with Crippen LogP contribution < -0.4 is 5.73 Å². The van der Waals surface area contributed by atoms with Gasteiger partial charge in [0.05, 0.1) is 0 Å². The highest BCUT2D eigenvalue weighted by molar-refractivity contribution is 6.32. The number of nitrogens with two attached hydrogens (primary N) is 1. The fourth-order valence-corrected chi connectivity index (χ4v) is 0.861. The predicted octanol–water partition coefficient (Wildman–Crippen LogP) is -0.0507. The van der Waals surface area contributed by atoms with E-state index in [-0.39, 0.29) is 25.2 Å². The highest BCUT2D eigenvalue weighted by atomic mass is 16.4. The minimum Gasteiger partial charge on any atom is -0.481 e. The Balaban J connectivity index is 0. The summed E-state index contributed by atoms with van der Waals surface area (Å²) in [5.74, 6) is -4.10. The summed E-state index contributed by atoms with van der Waals surface area (Å²) in [5.41, 5.74) is 5.00. The summed E-state index contributed by atoms with van der Waals surface area (Å²) in [7, 11) is 0. The number of hydrogen-bond acceptors (Lipinski definition) is 5. The molecule has 0 aromatic rings. The molecule has 0 radical (unpaired) electrons. The summed E-state index contributed by atoms with van der Waals surface area (Å²) >= 11 is 0. The van der Waals surface area contributed by atoms with E-state index in [1.165, 1.54) is 0 Å². The third kappa shape index (κ3) is 14.0. The average Bonchev–Trinajstić information content (AvgIpc) is 2.25. The zero-order valence-corrected chi connectivity index (χ0v) is 10.8. The van der Waals surface area contributed by atoms with E-state index >= 15 is 0 Å². The van der Waals surface area contributed by atoms with Crippen LogP contribution in [-0.2, 0) is 19.2 Å². The van der Waals surface area contributed by atoms with E-state index in [0.717, 1.165) is 0 Å².